The van der Waals surface area contributed by atoms with Crippen LogP contribution >= 0.6 is 0 Å². The highest BCUT2D eigenvalue weighted by Gasteiger charge is 2.44. The van der Waals surface area contributed by atoms with Crippen LogP contribution in [0.2, 0.25) is 0 Å². The first-order chi connectivity index (χ1) is 7.74. The van der Waals surface area contributed by atoms with Gasteiger partial charge in [-0.15, -0.1) is 0 Å². The van der Waals surface area contributed by atoms with Gasteiger partial charge in [0.05, 0.1) is 12.7 Å². The van der Waals surface area contributed by atoms with Gasteiger partial charge < -0.3 is 18.9 Å². The highest BCUT2D eigenvalue weighted by molar-refractivity contribution is 4.87. The van der Waals surface area contributed by atoms with Crippen LogP contribution in [0.3, 0.4) is 0 Å². The van der Waals surface area contributed by atoms with Gasteiger partial charge in [0.2, 0.25) is 0 Å². The van der Waals surface area contributed by atoms with E-state index < -0.39 is 0 Å². The lowest BCUT2D eigenvalue weighted by atomic mass is 10.0. The summed E-state index contributed by atoms with van der Waals surface area (Å²) >= 11 is 0. The zero-order valence-electron chi connectivity index (χ0n) is 10.3. The number of hydrogen-bond donors (Lipinski definition) is 0. The molecule has 0 saturated carbocycles. The Balaban J connectivity index is 1.84. The Hall–Kier alpha value is -0.160. The third kappa shape index (κ3) is 2.56. The van der Waals surface area contributed by atoms with Crippen molar-refractivity contribution in [1.29, 1.82) is 0 Å². The minimum Gasteiger partial charge on any atom is -0.376 e. The Morgan fingerprint density at radius 3 is 2.88 bits per heavy atom. The third-order valence-corrected chi connectivity index (χ3v) is 3.51. The molecule has 2 bridgehead atoms. The van der Waals surface area contributed by atoms with Crippen molar-refractivity contribution in [2.45, 2.75) is 51.3 Å². The molecule has 2 heterocycles. The molecule has 2 rings (SSSR count). The lowest BCUT2D eigenvalue weighted by Gasteiger charge is -2.33. The van der Waals surface area contributed by atoms with Crippen molar-refractivity contribution >= 4 is 0 Å². The molecule has 0 spiro atoms. The van der Waals surface area contributed by atoms with E-state index in [4.69, 9.17) is 18.9 Å². The van der Waals surface area contributed by atoms with E-state index in [1.807, 2.05) is 0 Å². The third-order valence-electron chi connectivity index (χ3n) is 3.51. The summed E-state index contributed by atoms with van der Waals surface area (Å²) in [6.45, 7) is 5.81. The van der Waals surface area contributed by atoms with E-state index in [-0.39, 0.29) is 24.6 Å². The Bertz CT molecular complexity index is 221. The van der Waals surface area contributed by atoms with E-state index in [0.717, 1.165) is 19.4 Å². The van der Waals surface area contributed by atoms with Crippen molar-refractivity contribution in [1.82, 2.24) is 0 Å². The van der Waals surface area contributed by atoms with Gasteiger partial charge in [0, 0.05) is 20.1 Å². The molecule has 2 aliphatic heterocycles. The molecule has 0 aromatic heterocycles. The average Bonchev–Trinajstić information content (AvgIpc) is 2.73. The second kappa shape index (κ2) is 5.45. The lowest BCUT2D eigenvalue weighted by molar-refractivity contribution is -0.200. The number of methoxy groups -OCH3 is 1. The quantitative estimate of drug-likeness (QED) is 0.718. The predicted molar refractivity (Wildman–Crippen MR) is 59.2 cm³/mol. The van der Waals surface area contributed by atoms with Crippen LogP contribution in [0.1, 0.15) is 26.7 Å². The zero-order valence-corrected chi connectivity index (χ0v) is 10.3. The van der Waals surface area contributed by atoms with Gasteiger partial charge in [-0.1, -0.05) is 20.3 Å². The maximum Gasteiger partial charge on any atom is 0.184 e. The molecule has 1 unspecified atom stereocenters. The second-order valence-electron chi connectivity index (χ2n) is 4.77. The number of fused-ring (bicyclic) bond motifs is 2. The number of hydrogen-bond acceptors (Lipinski definition) is 4. The van der Waals surface area contributed by atoms with Gasteiger partial charge in [0.1, 0.15) is 12.2 Å². The molecular formula is C12H22O4. The van der Waals surface area contributed by atoms with E-state index in [2.05, 4.69) is 13.8 Å². The van der Waals surface area contributed by atoms with Crippen LogP contribution in [-0.2, 0) is 18.9 Å². The molecule has 0 N–H and O–H groups in total. The summed E-state index contributed by atoms with van der Waals surface area (Å²) in [6, 6.07) is 0. The van der Waals surface area contributed by atoms with Gasteiger partial charge in [-0.25, -0.2) is 0 Å². The molecule has 0 aromatic carbocycles. The molecule has 0 aromatic rings. The van der Waals surface area contributed by atoms with Crippen LogP contribution in [0.5, 0.6) is 0 Å². The minimum absolute atomic E-state index is 0.0145. The maximum atomic E-state index is 5.91. The van der Waals surface area contributed by atoms with Crippen LogP contribution in [-0.4, -0.2) is 44.9 Å². The van der Waals surface area contributed by atoms with E-state index in [1.54, 1.807) is 7.11 Å². The highest BCUT2D eigenvalue weighted by atomic mass is 16.7. The van der Waals surface area contributed by atoms with E-state index >= 15 is 0 Å². The molecule has 5 atom stereocenters. The van der Waals surface area contributed by atoms with E-state index in [0.29, 0.717) is 12.5 Å². The second-order valence-corrected chi connectivity index (χ2v) is 4.77. The summed E-state index contributed by atoms with van der Waals surface area (Å²) in [5.74, 6) is 0.598. The first-order valence-electron chi connectivity index (χ1n) is 6.16. The van der Waals surface area contributed by atoms with Gasteiger partial charge in [-0.3, -0.25) is 0 Å². The minimum atomic E-state index is -0.182. The maximum absolute atomic E-state index is 5.91. The largest absolute Gasteiger partial charge is 0.376 e. The summed E-state index contributed by atoms with van der Waals surface area (Å²) in [6.07, 6.45) is 2.07. The Morgan fingerprint density at radius 1 is 1.38 bits per heavy atom. The SMILES string of the molecule is CCC(C)CO[C@H]1C[C@@H](OC)[C@H]2OC[C@H]1O2. The summed E-state index contributed by atoms with van der Waals surface area (Å²) in [4.78, 5) is 0. The fourth-order valence-electron chi connectivity index (χ4n) is 2.11. The van der Waals surface area contributed by atoms with Crippen LogP contribution in [0.25, 0.3) is 0 Å². The van der Waals surface area contributed by atoms with Crippen molar-refractivity contribution in [2.75, 3.05) is 20.3 Å². The summed E-state index contributed by atoms with van der Waals surface area (Å²) in [5.41, 5.74) is 0. The first-order valence-corrected chi connectivity index (χ1v) is 6.16. The molecule has 4 nitrogen and oxygen atoms in total. The molecule has 2 aliphatic rings. The molecule has 0 aliphatic carbocycles. The van der Waals surface area contributed by atoms with Crippen LogP contribution in [0, 0.1) is 5.92 Å². The first kappa shape index (κ1) is 12.3. The molecule has 0 radical (unpaired) electrons. The Labute approximate surface area is 97.2 Å². The molecule has 94 valence electrons. The smallest absolute Gasteiger partial charge is 0.184 e. The van der Waals surface area contributed by atoms with Crippen molar-refractivity contribution in [3.63, 3.8) is 0 Å². The molecule has 2 fully saturated rings. The molecule has 4 heteroatoms. The number of ether oxygens (including phenoxy) is 4. The molecule has 0 amide bonds. The van der Waals surface area contributed by atoms with Crippen LogP contribution in [0.4, 0.5) is 0 Å². The normalized spacial score (nSPS) is 39.9. The topological polar surface area (TPSA) is 36.9 Å². The standard InChI is InChI=1S/C12H22O4/c1-4-8(2)6-14-9-5-10(13-3)12-15-7-11(9)16-12/h8-12H,4-7H2,1-3H3/t8?,9-,10+,11+,12-/m0/s1. The average molecular weight is 230 g/mol. The van der Waals surface area contributed by atoms with Gasteiger partial charge in [0.25, 0.3) is 0 Å². The van der Waals surface area contributed by atoms with Crippen molar-refractivity contribution in [3.05, 3.63) is 0 Å². The molecule has 16 heavy (non-hydrogen) atoms. The van der Waals surface area contributed by atoms with Crippen molar-refractivity contribution in [2.24, 2.45) is 5.92 Å². The Kier molecular flexibility index (Phi) is 4.19. The van der Waals surface area contributed by atoms with Crippen molar-refractivity contribution in [3.8, 4) is 0 Å². The van der Waals surface area contributed by atoms with E-state index in [1.165, 1.54) is 0 Å². The lowest BCUT2D eigenvalue weighted by Crippen LogP contribution is -2.44. The summed E-state index contributed by atoms with van der Waals surface area (Å²) < 4.78 is 22.5. The van der Waals surface area contributed by atoms with Crippen LogP contribution < -0.4 is 0 Å². The van der Waals surface area contributed by atoms with Crippen molar-refractivity contribution < 1.29 is 18.9 Å². The molecule has 2 saturated heterocycles. The fraction of sp³-hybridized carbons (Fsp3) is 1.00. The monoisotopic (exact) mass is 230 g/mol. The fourth-order valence-corrected chi connectivity index (χ4v) is 2.11. The Morgan fingerprint density at radius 2 is 2.19 bits per heavy atom. The highest BCUT2D eigenvalue weighted by Crippen LogP contribution is 2.31. The predicted octanol–water partition coefficient (Wildman–Crippen LogP) is 1.58. The van der Waals surface area contributed by atoms with Gasteiger partial charge in [0.15, 0.2) is 6.29 Å². The van der Waals surface area contributed by atoms with Gasteiger partial charge >= 0.3 is 0 Å². The zero-order chi connectivity index (χ0) is 11.5. The van der Waals surface area contributed by atoms with Gasteiger partial charge in [-0.05, 0) is 5.92 Å². The summed E-state index contributed by atoms with van der Waals surface area (Å²) in [5, 5.41) is 0. The summed E-state index contributed by atoms with van der Waals surface area (Å²) in [7, 11) is 1.70. The molecular weight excluding hydrogens is 208 g/mol. The van der Waals surface area contributed by atoms with E-state index in [9.17, 15) is 0 Å². The van der Waals surface area contributed by atoms with Gasteiger partial charge in [-0.2, -0.15) is 0 Å². The number of rotatable bonds is 5. The van der Waals surface area contributed by atoms with Crippen LogP contribution in [0.15, 0.2) is 0 Å².